The van der Waals surface area contributed by atoms with Crippen LogP contribution in [0, 0.1) is 18.7 Å². The summed E-state index contributed by atoms with van der Waals surface area (Å²) in [7, 11) is 0. The molecule has 1 fully saturated rings. The number of urea groups is 1. The molecule has 0 saturated carbocycles. The van der Waals surface area contributed by atoms with Crippen molar-refractivity contribution in [3.63, 3.8) is 0 Å². The van der Waals surface area contributed by atoms with Gasteiger partial charge < -0.3 is 20.9 Å². The molecule has 170 valence electrons. The monoisotopic (exact) mass is 440 g/mol. The molecule has 2 aromatic carbocycles. The van der Waals surface area contributed by atoms with Gasteiger partial charge in [-0.1, -0.05) is 18.2 Å². The molecule has 4 amide bonds. The molecule has 2 aromatic rings. The Kier molecular flexibility index (Phi) is 7.81. The maximum Gasteiger partial charge on any atom is 0.321 e. The van der Waals surface area contributed by atoms with Gasteiger partial charge in [0, 0.05) is 43.3 Å². The van der Waals surface area contributed by atoms with Gasteiger partial charge in [-0.25, -0.2) is 9.18 Å². The second kappa shape index (κ2) is 10.7. The minimum atomic E-state index is -0.308. The average Bonchev–Trinajstić information content (AvgIpc) is 2.80. The van der Waals surface area contributed by atoms with E-state index in [1.807, 2.05) is 13.8 Å². The Labute approximate surface area is 187 Å². The van der Waals surface area contributed by atoms with Crippen LogP contribution in [0.5, 0.6) is 0 Å². The molecule has 8 heteroatoms. The summed E-state index contributed by atoms with van der Waals surface area (Å²) in [6, 6.07) is 11.0. The van der Waals surface area contributed by atoms with Crippen LogP contribution in [0.4, 0.5) is 14.9 Å². The van der Waals surface area contributed by atoms with Crippen LogP contribution in [0.25, 0.3) is 0 Å². The van der Waals surface area contributed by atoms with Gasteiger partial charge in [0.1, 0.15) is 5.82 Å². The van der Waals surface area contributed by atoms with E-state index in [0.717, 1.165) is 11.1 Å². The molecule has 0 aromatic heterocycles. The Morgan fingerprint density at radius 1 is 1.03 bits per heavy atom. The fourth-order valence-electron chi connectivity index (χ4n) is 3.64. The van der Waals surface area contributed by atoms with Crippen LogP contribution in [-0.4, -0.2) is 42.4 Å². The average molecular weight is 441 g/mol. The van der Waals surface area contributed by atoms with Crippen molar-refractivity contribution in [2.75, 3.05) is 25.0 Å². The molecule has 1 saturated heterocycles. The first-order valence-electron chi connectivity index (χ1n) is 10.8. The lowest BCUT2D eigenvalue weighted by atomic mass is 9.96. The predicted octanol–water partition coefficient (Wildman–Crippen LogP) is 3.44. The van der Waals surface area contributed by atoms with Crippen molar-refractivity contribution in [2.45, 2.75) is 33.2 Å². The normalized spacial score (nSPS) is 14.0. The van der Waals surface area contributed by atoms with Gasteiger partial charge in [0.05, 0.1) is 0 Å². The van der Waals surface area contributed by atoms with Crippen LogP contribution in [0.15, 0.2) is 42.5 Å². The summed E-state index contributed by atoms with van der Waals surface area (Å²) in [5.41, 5.74) is 2.78. The molecule has 1 aliphatic rings. The second-order valence-electron chi connectivity index (χ2n) is 7.92. The Balaban J connectivity index is 1.50. The fraction of sp³-hybridized carbons (Fsp3) is 0.375. The van der Waals surface area contributed by atoms with E-state index in [1.54, 1.807) is 35.2 Å². The number of hydrogen-bond acceptors (Lipinski definition) is 3. The van der Waals surface area contributed by atoms with Crippen molar-refractivity contribution < 1.29 is 18.8 Å². The number of carbonyl (C=O) groups excluding carboxylic acids is 3. The van der Waals surface area contributed by atoms with Gasteiger partial charge in [-0.15, -0.1) is 0 Å². The molecule has 32 heavy (non-hydrogen) atoms. The number of anilines is 1. The van der Waals surface area contributed by atoms with Crippen molar-refractivity contribution in [3.8, 4) is 0 Å². The molecule has 0 spiro atoms. The van der Waals surface area contributed by atoms with Crippen molar-refractivity contribution in [1.82, 2.24) is 15.5 Å². The number of nitrogens with one attached hydrogen (secondary N) is 3. The Hall–Kier alpha value is -3.42. The molecule has 0 bridgehead atoms. The molecular weight excluding hydrogens is 411 g/mol. The number of nitrogens with zero attached hydrogens (tertiary/aromatic N) is 1. The zero-order chi connectivity index (χ0) is 23.1. The lowest BCUT2D eigenvalue weighted by Gasteiger charge is -2.31. The highest BCUT2D eigenvalue weighted by atomic mass is 19.1. The topological polar surface area (TPSA) is 90.5 Å². The van der Waals surface area contributed by atoms with Crippen molar-refractivity contribution in [2.24, 2.45) is 5.92 Å². The summed E-state index contributed by atoms with van der Waals surface area (Å²) in [6.07, 6.45) is 1.14. The van der Waals surface area contributed by atoms with Crippen molar-refractivity contribution in [1.29, 1.82) is 0 Å². The minimum absolute atomic E-state index is 0.0557. The minimum Gasteiger partial charge on any atom is -0.352 e. The largest absolute Gasteiger partial charge is 0.352 e. The lowest BCUT2D eigenvalue weighted by molar-refractivity contribution is -0.126. The van der Waals surface area contributed by atoms with E-state index in [-0.39, 0.29) is 29.6 Å². The number of benzene rings is 2. The third-order valence-electron chi connectivity index (χ3n) is 5.61. The second-order valence-corrected chi connectivity index (χ2v) is 7.92. The maximum atomic E-state index is 13.0. The molecule has 0 unspecified atom stereocenters. The van der Waals surface area contributed by atoms with E-state index in [9.17, 15) is 18.8 Å². The van der Waals surface area contributed by atoms with Crippen LogP contribution < -0.4 is 16.0 Å². The quantitative estimate of drug-likeness (QED) is 0.643. The molecule has 3 N–H and O–H groups in total. The number of aryl methyl sites for hydroxylation is 1. The number of amides is 4. The SMILES string of the molecule is CCNC(=O)c1ccc(C)c(NC(=O)N2CCC(C(=O)NCc3ccc(F)cc3)CC2)c1. The zero-order valence-corrected chi connectivity index (χ0v) is 18.4. The molecule has 0 radical (unpaired) electrons. The Morgan fingerprint density at radius 2 is 1.72 bits per heavy atom. The first-order chi connectivity index (χ1) is 15.4. The summed E-state index contributed by atoms with van der Waals surface area (Å²) in [4.78, 5) is 38.9. The van der Waals surface area contributed by atoms with Gasteiger partial charge in [0.15, 0.2) is 0 Å². The third kappa shape index (κ3) is 6.06. The van der Waals surface area contributed by atoms with Gasteiger partial charge in [-0.05, 0) is 62.1 Å². The van der Waals surface area contributed by atoms with E-state index in [2.05, 4.69) is 16.0 Å². The van der Waals surface area contributed by atoms with E-state index < -0.39 is 0 Å². The standard InChI is InChI=1S/C24H29FN4O3/c1-3-26-23(31)19-7-4-16(2)21(14-19)28-24(32)29-12-10-18(11-13-29)22(30)27-15-17-5-8-20(25)9-6-17/h4-9,14,18H,3,10-13,15H2,1-2H3,(H,26,31)(H,27,30)(H,28,32). The summed E-state index contributed by atoms with van der Waals surface area (Å²) < 4.78 is 13.0. The highest BCUT2D eigenvalue weighted by molar-refractivity contribution is 5.97. The summed E-state index contributed by atoms with van der Waals surface area (Å²) >= 11 is 0. The molecule has 0 aliphatic carbocycles. The molecule has 7 nitrogen and oxygen atoms in total. The Bertz CT molecular complexity index is 970. The van der Waals surface area contributed by atoms with Crippen LogP contribution in [-0.2, 0) is 11.3 Å². The van der Waals surface area contributed by atoms with Gasteiger partial charge >= 0.3 is 6.03 Å². The number of piperidine rings is 1. The van der Waals surface area contributed by atoms with Gasteiger partial charge in [0.2, 0.25) is 5.91 Å². The highest BCUT2D eigenvalue weighted by Crippen LogP contribution is 2.21. The fourth-order valence-corrected chi connectivity index (χ4v) is 3.64. The van der Waals surface area contributed by atoms with Crippen LogP contribution in [0.2, 0.25) is 0 Å². The van der Waals surface area contributed by atoms with Crippen LogP contribution in [0.1, 0.15) is 41.3 Å². The number of hydrogen-bond donors (Lipinski definition) is 3. The molecule has 0 atom stereocenters. The summed E-state index contributed by atoms with van der Waals surface area (Å²) in [5.74, 6) is -0.713. The van der Waals surface area contributed by atoms with E-state index in [0.29, 0.717) is 50.3 Å². The van der Waals surface area contributed by atoms with Crippen molar-refractivity contribution in [3.05, 3.63) is 65.0 Å². The number of rotatable bonds is 6. The summed E-state index contributed by atoms with van der Waals surface area (Å²) in [5, 5.41) is 8.52. The van der Waals surface area contributed by atoms with Crippen molar-refractivity contribution >= 4 is 23.5 Å². The van der Waals surface area contributed by atoms with Gasteiger partial charge in [0.25, 0.3) is 5.91 Å². The van der Waals surface area contributed by atoms with Gasteiger partial charge in [-0.2, -0.15) is 0 Å². The van der Waals surface area contributed by atoms with E-state index in [4.69, 9.17) is 0 Å². The smallest absolute Gasteiger partial charge is 0.321 e. The first kappa shape index (κ1) is 23.2. The Morgan fingerprint density at radius 3 is 2.38 bits per heavy atom. The third-order valence-corrected chi connectivity index (χ3v) is 5.61. The van der Waals surface area contributed by atoms with Gasteiger partial charge in [-0.3, -0.25) is 9.59 Å². The molecule has 3 rings (SSSR count). The number of halogens is 1. The number of likely N-dealkylation sites (tertiary alicyclic amines) is 1. The van der Waals surface area contributed by atoms with E-state index in [1.165, 1.54) is 12.1 Å². The zero-order valence-electron chi connectivity index (χ0n) is 18.4. The first-order valence-corrected chi connectivity index (χ1v) is 10.8. The molecule has 1 heterocycles. The molecule has 1 aliphatic heterocycles. The number of carbonyl (C=O) groups is 3. The molecular formula is C24H29FN4O3. The predicted molar refractivity (Wildman–Crippen MR) is 121 cm³/mol. The van der Waals surface area contributed by atoms with E-state index >= 15 is 0 Å². The van der Waals surface area contributed by atoms with Crippen LogP contribution in [0.3, 0.4) is 0 Å². The van der Waals surface area contributed by atoms with Crippen LogP contribution >= 0.6 is 0 Å². The highest BCUT2D eigenvalue weighted by Gasteiger charge is 2.27. The lowest BCUT2D eigenvalue weighted by Crippen LogP contribution is -2.44. The maximum absolute atomic E-state index is 13.0. The summed E-state index contributed by atoms with van der Waals surface area (Å²) in [6.45, 7) is 5.53.